The average Bonchev–Trinajstić information content (AvgIpc) is 2.16. The first-order chi connectivity index (χ1) is 6.68. The Morgan fingerprint density at radius 2 is 2.43 bits per heavy atom. The standard InChI is InChI=1S/C11H19NO2/c1-9(13)7-8-11(14)12-10-5-3-2-4-6-10/h2-3,9-10,13H,4-8H2,1H3,(H,12,14). The zero-order valence-electron chi connectivity index (χ0n) is 8.70. The molecule has 1 aliphatic rings. The molecule has 3 nitrogen and oxygen atoms in total. The summed E-state index contributed by atoms with van der Waals surface area (Å²) in [6, 6.07) is 0.307. The van der Waals surface area contributed by atoms with E-state index in [1.165, 1.54) is 0 Å². The lowest BCUT2D eigenvalue weighted by atomic mass is 10.0. The minimum atomic E-state index is -0.382. The quantitative estimate of drug-likeness (QED) is 0.669. The van der Waals surface area contributed by atoms with Crippen LogP contribution in [-0.4, -0.2) is 23.2 Å². The van der Waals surface area contributed by atoms with E-state index in [1.807, 2.05) is 0 Å². The van der Waals surface area contributed by atoms with Gasteiger partial charge in [-0.15, -0.1) is 0 Å². The molecule has 0 radical (unpaired) electrons. The van der Waals surface area contributed by atoms with Crippen LogP contribution in [0, 0.1) is 0 Å². The molecule has 80 valence electrons. The van der Waals surface area contributed by atoms with Crippen LogP contribution in [0.25, 0.3) is 0 Å². The maximum Gasteiger partial charge on any atom is 0.220 e. The third-order valence-corrected chi connectivity index (χ3v) is 2.42. The predicted molar refractivity (Wildman–Crippen MR) is 55.8 cm³/mol. The zero-order chi connectivity index (χ0) is 10.4. The first-order valence-electron chi connectivity index (χ1n) is 5.31. The van der Waals surface area contributed by atoms with Crippen molar-refractivity contribution < 1.29 is 9.90 Å². The van der Waals surface area contributed by atoms with Crippen molar-refractivity contribution >= 4 is 5.91 Å². The fourth-order valence-electron chi connectivity index (χ4n) is 1.56. The van der Waals surface area contributed by atoms with Crippen LogP contribution < -0.4 is 5.32 Å². The van der Waals surface area contributed by atoms with Gasteiger partial charge in [0.1, 0.15) is 0 Å². The predicted octanol–water partition coefficient (Wildman–Crippen LogP) is 1.37. The van der Waals surface area contributed by atoms with Crippen LogP contribution in [0.3, 0.4) is 0 Å². The van der Waals surface area contributed by atoms with E-state index >= 15 is 0 Å². The maximum atomic E-state index is 11.4. The van der Waals surface area contributed by atoms with E-state index in [0.29, 0.717) is 18.9 Å². The summed E-state index contributed by atoms with van der Waals surface area (Å²) in [5, 5.41) is 12.0. The molecule has 0 aliphatic heterocycles. The molecular weight excluding hydrogens is 178 g/mol. The SMILES string of the molecule is CC(O)CCC(=O)NC1CC=CCC1. The van der Waals surface area contributed by atoms with Gasteiger partial charge in [0.05, 0.1) is 6.10 Å². The molecule has 0 spiro atoms. The summed E-state index contributed by atoms with van der Waals surface area (Å²) in [4.78, 5) is 11.4. The summed E-state index contributed by atoms with van der Waals surface area (Å²) < 4.78 is 0. The number of hydrogen-bond donors (Lipinski definition) is 2. The lowest BCUT2D eigenvalue weighted by molar-refractivity contribution is -0.122. The molecule has 0 saturated heterocycles. The van der Waals surface area contributed by atoms with Crippen LogP contribution in [0.2, 0.25) is 0 Å². The highest BCUT2D eigenvalue weighted by molar-refractivity contribution is 5.76. The molecule has 0 aromatic heterocycles. The number of aliphatic hydroxyl groups excluding tert-OH is 1. The van der Waals surface area contributed by atoms with Gasteiger partial charge in [-0.25, -0.2) is 0 Å². The zero-order valence-corrected chi connectivity index (χ0v) is 8.70. The van der Waals surface area contributed by atoms with Gasteiger partial charge in [0.25, 0.3) is 0 Å². The van der Waals surface area contributed by atoms with Gasteiger partial charge in [-0.3, -0.25) is 4.79 Å². The molecule has 0 saturated carbocycles. The van der Waals surface area contributed by atoms with Crippen LogP contribution in [0.5, 0.6) is 0 Å². The maximum absolute atomic E-state index is 11.4. The largest absolute Gasteiger partial charge is 0.393 e. The van der Waals surface area contributed by atoms with Crippen LogP contribution in [0.4, 0.5) is 0 Å². The molecule has 14 heavy (non-hydrogen) atoms. The van der Waals surface area contributed by atoms with Gasteiger partial charge in [-0.05, 0) is 32.6 Å². The average molecular weight is 197 g/mol. The second-order valence-electron chi connectivity index (χ2n) is 3.94. The Morgan fingerprint density at radius 1 is 1.64 bits per heavy atom. The number of hydrogen-bond acceptors (Lipinski definition) is 2. The molecule has 0 aromatic rings. The first-order valence-corrected chi connectivity index (χ1v) is 5.31. The number of carbonyl (C=O) groups is 1. The molecule has 3 heteroatoms. The van der Waals surface area contributed by atoms with E-state index in [-0.39, 0.29) is 12.0 Å². The van der Waals surface area contributed by atoms with E-state index in [0.717, 1.165) is 19.3 Å². The van der Waals surface area contributed by atoms with E-state index in [2.05, 4.69) is 17.5 Å². The van der Waals surface area contributed by atoms with Crippen molar-refractivity contribution in [2.45, 2.75) is 51.2 Å². The van der Waals surface area contributed by atoms with E-state index in [4.69, 9.17) is 5.11 Å². The van der Waals surface area contributed by atoms with Gasteiger partial charge in [0.15, 0.2) is 0 Å². The molecule has 1 aliphatic carbocycles. The summed E-state index contributed by atoms with van der Waals surface area (Å²) >= 11 is 0. The normalized spacial score (nSPS) is 23.1. The summed E-state index contributed by atoms with van der Waals surface area (Å²) in [6.07, 6.45) is 7.90. The number of aliphatic hydroxyl groups is 1. The molecule has 1 rings (SSSR count). The molecule has 1 amide bonds. The minimum Gasteiger partial charge on any atom is -0.393 e. The lowest BCUT2D eigenvalue weighted by Gasteiger charge is -2.19. The molecule has 0 bridgehead atoms. The second-order valence-corrected chi connectivity index (χ2v) is 3.94. The summed E-state index contributed by atoms with van der Waals surface area (Å²) in [5.41, 5.74) is 0. The molecule has 0 fully saturated rings. The highest BCUT2D eigenvalue weighted by Gasteiger charge is 2.12. The fourth-order valence-corrected chi connectivity index (χ4v) is 1.56. The molecule has 0 aromatic carbocycles. The molecule has 0 heterocycles. The highest BCUT2D eigenvalue weighted by atomic mass is 16.3. The smallest absolute Gasteiger partial charge is 0.220 e. The van der Waals surface area contributed by atoms with Gasteiger partial charge < -0.3 is 10.4 Å². The van der Waals surface area contributed by atoms with Crippen molar-refractivity contribution in [2.24, 2.45) is 0 Å². The highest BCUT2D eigenvalue weighted by Crippen LogP contribution is 2.10. The van der Waals surface area contributed by atoms with E-state index in [9.17, 15) is 4.79 Å². The molecular formula is C11H19NO2. The molecule has 2 N–H and O–H groups in total. The van der Waals surface area contributed by atoms with Gasteiger partial charge in [-0.2, -0.15) is 0 Å². The number of carbonyl (C=O) groups excluding carboxylic acids is 1. The third-order valence-electron chi connectivity index (χ3n) is 2.42. The minimum absolute atomic E-state index is 0.0613. The number of amides is 1. The Kier molecular flexibility index (Phi) is 4.66. The van der Waals surface area contributed by atoms with Crippen molar-refractivity contribution in [3.63, 3.8) is 0 Å². The van der Waals surface area contributed by atoms with Crippen molar-refractivity contribution in [2.75, 3.05) is 0 Å². The Hall–Kier alpha value is -0.830. The fraction of sp³-hybridized carbons (Fsp3) is 0.727. The Bertz CT molecular complexity index is 211. The number of nitrogens with one attached hydrogen (secondary N) is 1. The Morgan fingerprint density at radius 3 is 3.00 bits per heavy atom. The number of rotatable bonds is 4. The van der Waals surface area contributed by atoms with Crippen LogP contribution in [-0.2, 0) is 4.79 Å². The van der Waals surface area contributed by atoms with Crippen LogP contribution in [0.1, 0.15) is 39.0 Å². The van der Waals surface area contributed by atoms with Crippen molar-refractivity contribution in [3.05, 3.63) is 12.2 Å². The summed E-state index contributed by atoms with van der Waals surface area (Å²) in [6.45, 7) is 1.70. The van der Waals surface area contributed by atoms with E-state index in [1.54, 1.807) is 6.92 Å². The van der Waals surface area contributed by atoms with Crippen LogP contribution in [0.15, 0.2) is 12.2 Å². The first kappa shape index (κ1) is 11.2. The van der Waals surface area contributed by atoms with Crippen molar-refractivity contribution in [3.8, 4) is 0 Å². The van der Waals surface area contributed by atoms with Gasteiger partial charge in [0, 0.05) is 12.5 Å². The summed E-state index contributed by atoms with van der Waals surface area (Å²) in [5.74, 6) is 0.0613. The molecule has 2 atom stereocenters. The topological polar surface area (TPSA) is 49.3 Å². The summed E-state index contributed by atoms with van der Waals surface area (Å²) in [7, 11) is 0. The monoisotopic (exact) mass is 197 g/mol. The Balaban J connectivity index is 2.16. The van der Waals surface area contributed by atoms with Gasteiger partial charge in [-0.1, -0.05) is 12.2 Å². The van der Waals surface area contributed by atoms with Crippen molar-refractivity contribution in [1.82, 2.24) is 5.32 Å². The van der Waals surface area contributed by atoms with E-state index < -0.39 is 0 Å². The lowest BCUT2D eigenvalue weighted by Crippen LogP contribution is -2.35. The molecule has 2 unspecified atom stereocenters. The van der Waals surface area contributed by atoms with Gasteiger partial charge >= 0.3 is 0 Å². The van der Waals surface area contributed by atoms with Crippen molar-refractivity contribution in [1.29, 1.82) is 0 Å². The van der Waals surface area contributed by atoms with Crippen LogP contribution >= 0.6 is 0 Å². The number of allylic oxidation sites excluding steroid dienone is 1. The van der Waals surface area contributed by atoms with Gasteiger partial charge in [0.2, 0.25) is 5.91 Å². The Labute approximate surface area is 85.2 Å². The third kappa shape index (κ3) is 4.42. The second kappa shape index (κ2) is 5.81.